The van der Waals surface area contributed by atoms with Crippen molar-refractivity contribution < 1.29 is 18.6 Å². The number of hydrogen-bond acceptors (Lipinski definition) is 5. The summed E-state index contributed by atoms with van der Waals surface area (Å²) in [5.74, 6) is -0.452. The standard InChI is InChI=1S/C22H35NO4S/c1-5-6-7-10-18-15-19(24)20(17-11-8-9-16(2)14-17)21(25)22(18)28(26,27)13-12-23(3)4/h14-15,17,24-25H,5-13H2,1-4H3. The Morgan fingerprint density at radius 1 is 1.21 bits per heavy atom. The van der Waals surface area contributed by atoms with Crippen LogP contribution in [0, 0.1) is 0 Å². The van der Waals surface area contributed by atoms with E-state index in [2.05, 4.69) is 6.92 Å². The van der Waals surface area contributed by atoms with Crippen LogP contribution in [0.3, 0.4) is 0 Å². The molecule has 2 N–H and O–H groups in total. The van der Waals surface area contributed by atoms with Gasteiger partial charge in [0.25, 0.3) is 0 Å². The summed E-state index contributed by atoms with van der Waals surface area (Å²) in [6.45, 7) is 4.51. The van der Waals surface area contributed by atoms with E-state index in [9.17, 15) is 18.6 Å². The number of nitrogens with zero attached hydrogens (tertiary/aromatic N) is 1. The number of allylic oxidation sites excluding steroid dienone is 2. The van der Waals surface area contributed by atoms with Crippen molar-refractivity contribution in [2.75, 3.05) is 26.4 Å². The highest BCUT2D eigenvalue weighted by Gasteiger charge is 2.30. The first-order valence-electron chi connectivity index (χ1n) is 10.3. The van der Waals surface area contributed by atoms with E-state index in [0.29, 0.717) is 24.1 Å². The third kappa shape index (κ3) is 5.51. The van der Waals surface area contributed by atoms with Gasteiger partial charge < -0.3 is 15.1 Å². The topological polar surface area (TPSA) is 77.8 Å². The highest BCUT2D eigenvalue weighted by molar-refractivity contribution is 7.91. The molecule has 1 aromatic rings. The maximum absolute atomic E-state index is 13.1. The molecule has 0 aliphatic heterocycles. The van der Waals surface area contributed by atoms with Gasteiger partial charge in [0, 0.05) is 18.0 Å². The van der Waals surface area contributed by atoms with Crippen LogP contribution >= 0.6 is 0 Å². The quantitative estimate of drug-likeness (QED) is 0.467. The van der Waals surface area contributed by atoms with Crippen molar-refractivity contribution in [1.29, 1.82) is 0 Å². The molecule has 2 rings (SSSR count). The summed E-state index contributed by atoms with van der Waals surface area (Å²) in [5, 5.41) is 21.7. The molecule has 6 heteroatoms. The van der Waals surface area contributed by atoms with Gasteiger partial charge in [-0.3, -0.25) is 0 Å². The lowest BCUT2D eigenvalue weighted by Gasteiger charge is -2.24. The second kappa shape index (κ2) is 9.79. The van der Waals surface area contributed by atoms with Gasteiger partial charge in [-0.15, -0.1) is 0 Å². The van der Waals surface area contributed by atoms with E-state index in [-0.39, 0.29) is 28.1 Å². The van der Waals surface area contributed by atoms with Crippen molar-refractivity contribution in [2.45, 2.75) is 69.6 Å². The summed E-state index contributed by atoms with van der Waals surface area (Å²) in [7, 11) is -0.0112. The molecule has 0 spiro atoms. The number of aryl methyl sites for hydroxylation is 1. The van der Waals surface area contributed by atoms with Gasteiger partial charge in [0.2, 0.25) is 0 Å². The predicted octanol–water partition coefficient (Wildman–Crippen LogP) is 4.38. The van der Waals surface area contributed by atoms with Gasteiger partial charge in [0.05, 0.1) is 5.75 Å². The molecule has 0 bridgehead atoms. The van der Waals surface area contributed by atoms with E-state index < -0.39 is 9.84 Å². The number of rotatable bonds is 9. The molecular weight excluding hydrogens is 374 g/mol. The largest absolute Gasteiger partial charge is 0.507 e. The van der Waals surface area contributed by atoms with Gasteiger partial charge in [-0.2, -0.15) is 0 Å². The first kappa shape index (κ1) is 22.8. The van der Waals surface area contributed by atoms with Crippen LogP contribution in [-0.2, 0) is 16.3 Å². The monoisotopic (exact) mass is 409 g/mol. The molecule has 28 heavy (non-hydrogen) atoms. The maximum atomic E-state index is 13.1. The molecule has 1 unspecified atom stereocenters. The molecule has 1 aliphatic carbocycles. The zero-order valence-electron chi connectivity index (χ0n) is 17.7. The van der Waals surface area contributed by atoms with Gasteiger partial charge >= 0.3 is 0 Å². The third-order valence-electron chi connectivity index (χ3n) is 5.46. The van der Waals surface area contributed by atoms with Crippen molar-refractivity contribution >= 4 is 9.84 Å². The Kier molecular flexibility index (Phi) is 7.96. The minimum absolute atomic E-state index is 0.00603. The predicted molar refractivity (Wildman–Crippen MR) is 114 cm³/mol. The van der Waals surface area contributed by atoms with Crippen LogP contribution < -0.4 is 0 Å². The molecule has 0 aromatic heterocycles. The Hall–Kier alpha value is -1.53. The van der Waals surface area contributed by atoms with Gasteiger partial charge in [-0.05, 0) is 64.8 Å². The fraction of sp³-hybridized carbons (Fsp3) is 0.636. The fourth-order valence-corrected chi connectivity index (χ4v) is 5.69. The second-order valence-electron chi connectivity index (χ2n) is 8.24. The van der Waals surface area contributed by atoms with Crippen LogP contribution in [0.2, 0.25) is 0 Å². The second-order valence-corrected chi connectivity index (χ2v) is 10.3. The smallest absolute Gasteiger partial charge is 0.183 e. The zero-order valence-corrected chi connectivity index (χ0v) is 18.5. The van der Waals surface area contributed by atoms with Gasteiger partial charge in [-0.1, -0.05) is 31.4 Å². The van der Waals surface area contributed by atoms with E-state index in [0.717, 1.165) is 38.5 Å². The van der Waals surface area contributed by atoms with E-state index >= 15 is 0 Å². The Morgan fingerprint density at radius 2 is 1.93 bits per heavy atom. The Balaban J connectivity index is 2.57. The van der Waals surface area contributed by atoms with Crippen molar-refractivity contribution in [2.24, 2.45) is 0 Å². The Labute approximate surface area is 170 Å². The molecular formula is C22H35NO4S. The molecule has 1 aromatic carbocycles. The lowest BCUT2D eigenvalue weighted by atomic mass is 9.84. The molecule has 5 nitrogen and oxygen atoms in total. The van der Waals surface area contributed by atoms with E-state index in [1.54, 1.807) is 6.07 Å². The van der Waals surface area contributed by atoms with Crippen molar-refractivity contribution in [3.63, 3.8) is 0 Å². The van der Waals surface area contributed by atoms with Crippen molar-refractivity contribution in [3.05, 3.63) is 28.8 Å². The lowest BCUT2D eigenvalue weighted by Crippen LogP contribution is -2.23. The van der Waals surface area contributed by atoms with Crippen LogP contribution in [-0.4, -0.2) is 49.9 Å². The molecule has 158 valence electrons. The van der Waals surface area contributed by atoms with Crippen LogP contribution in [0.4, 0.5) is 0 Å². The van der Waals surface area contributed by atoms with E-state index in [1.165, 1.54) is 5.57 Å². The summed E-state index contributed by atoms with van der Waals surface area (Å²) in [5.41, 5.74) is 2.10. The number of unbranched alkanes of at least 4 members (excludes halogenated alkanes) is 2. The first-order chi connectivity index (χ1) is 13.2. The molecule has 0 saturated heterocycles. The average Bonchev–Trinajstić information content (AvgIpc) is 2.60. The van der Waals surface area contributed by atoms with Gasteiger partial charge in [0.1, 0.15) is 16.4 Å². The van der Waals surface area contributed by atoms with Crippen LogP contribution in [0.5, 0.6) is 11.5 Å². The molecule has 0 heterocycles. The maximum Gasteiger partial charge on any atom is 0.183 e. The van der Waals surface area contributed by atoms with Gasteiger partial charge in [0.15, 0.2) is 9.84 Å². The SMILES string of the molecule is CCCCCc1cc(O)c(C2C=C(C)CCC2)c(O)c1S(=O)(=O)CCN(C)C. The number of sulfone groups is 1. The number of benzene rings is 1. The number of phenolic OH excluding ortho intramolecular Hbond substituents is 2. The molecule has 0 radical (unpaired) electrons. The molecule has 1 atom stereocenters. The summed E-state index contributed by atoms with van der Waals surface area (Å²) < 4.78 is 26.3. The highest BCUT2D eigenvalue weighted by Crippen LogP contribution is 2.45. The molecule has 1 aliphatic rings. The summed E-state index contributed by atoms with van der Waals surface area (Å²) in [6, 6.07) is 1.57. The van der Waals surface area contributed by atoms with E-state index in [1.807, 2.05) is 32.0 Å². The number of hydrogen-bond donors (Lipinski definition) is 2. The van der Waals surface area contributed by atoms with Crippen LogP contribution in [0.1, 0.15) is 69.4 Å². The summed E-state index contributed by atoms with van der Waals surface area (Å²) >= 11 is 0. The van der Waals surface area contributed by atoms with Crippen LogP contribution in [0.25, 0.3) is 0 Å². The summed E-state index contributed by atoms with van der Waals surface area (Å²) in [4.78, 5) is 1.84. The number of aromatic hydroxyl groups is 2. The zero-order chi connectivity index (χ0) is 20.9. The number of phenols is 2. The summed E-state index contributed by atoms with van der Waals surface area (Å²) in [6.07, 6.45) is 8.17. The minimum atomic E-state index is -3.67. The van der Waals surface area contributed by atoms with Crippen molar-refractivity contribution in [1.82, 2.24) is 4.90 Å². The van der Waals surface area contributed by atoms with Crippen molar-refractivity contribution in [3.8, 4) is 11.5 Å². The molecule has 0 saturated carbocycles. The van der Waals surface area contributed by atoms with Crippen LogP contribution in [0.15, 0.2) is 22.6 Å². The first-order valence-corrected chi connectivity index (χ1v) is 11.9. The molecule has 0 fully saturated rings. The Bertz CT molecular complexity index is 812. The average molecular weight is 410 g/mol. The normalized spacial score (nSPS) is 17.8. The van der Waals surface area contributed by atoms with Gasteiger partial charge in [-0.25, -0.2) is 8.42 Å². The Morgan fingerprint density at radius 3 is 2.54 bits per heavy atom. The fourth-order valence-electron chi connectivity index (χ4n) is 3.91. The highest BCUT2D eigenvalue weighted by atomic mass is 32.2. The third-order valence-corrected chi connectivity index (χ3v) is 7.26. The van der Waals surface area contributed by atoms with E-state index in [4.69, 9.17) is 0 Å². The molecule has 0 amide bonds. The minimum Gasteiger partial charge on any atom is -0.507 e. The lowest BCUT2D eigenvalue weighted by molar-refractivity contribution is 0.414.